The van der Waals surface area contributed by atoms with Crippen LogP contribution in [-0.4, -0.2) is 36.3 Å². The predicted octanol–water partition coefficient (Wildman–Crippen LogP) is 3.22. The molecule has 0 spiro atoms. The summed E-state index contributed by atoms with van der Waals surface area (Å²) in [6, 6.07) is 16.5. The number of nitrogens with zero attached hydrogens (tertiary/aromatic N) is 2. The molecule has 3 rings (SSSR count). The topological polar surface area (TPSA) is 104 Å². The minimum absolute atomic E-state index is 0.00644. The average molecular weight is 413 g/mol. The monoisotopic (exact) mass is 412 g/mol. The van der Waals surface area contributed by atoms with Gasteiger partial charge in [-0.25, -0.2) is 13.4 Å². The smallest absolute Gasteiger partial charge is 0.229 e. The summed E-state index contributed by atoms with van der Waals surface area (Å²) in [6.45, 7) is 2.32. The summed E-state index contributed by atoms with van der Waals surface area (Å²) in [5.41, 5.74) is 3.45. The summed E-state index contributed by atoms with van der Waals surface area (Å²) in [5.74, 6) is 0.991. The largest absolute Gasteiger partial charge is 0.387 e. The van der Waals surface area contributed by atoms with E-state index >= 15 is 0 Å². The number of sulfone groups is 1. The second kappa shape index (κ2) is 9.02. The third-order valence-electron chi connectivity index (χ3n) is 4.23. The molecule has 152 valence electrons. The standard InChI is InChI=1S/C21H24N4O3S/c1-15-3-7-17(8-4-15)19(26)13-23-20-11-12-22-21(25-20)24-18-9-5-16(6-10-18)14-29(2,27)28/h3-12,19,26H,13-14H2,1-2H3,(H2,22,23,24,25). The van der Waals surface area contributed by atoms with E-state index in [-0.39, 0.29) is 5.75 Å². The van der Waals surface area contributed by atoms with Crippen molar-refractivity contribution < 1.29 is 13.5 Å². The number of aliphatic hydroxyl groups is 1. The number of benzene rings is 2. The SMILES string of the molecule is Cc1ccc(C(O)CNc2ccnc(Nc3ccc(CS(C)(=O)=O)cc3)n2)cc1. The fourth-order valence-corrected chi connectivity index (χ4v) is 3.54. The summed E-state index contributed by atoms with van der Waals surface area (Å²) in [4.78, 5) is 8.58. The summed E-state index contributed by atoms with van der Waals surface area (Å²) < 4.78 is 22.7. The number of aryl methyl sites for hydroxylation is 1. The first-order chi connectivity index (χ1) is 13.8. The number of hydrogen-bond donors (Lipinski definition) is 3. The molecule has 0 radical (unpaired) electrons. The minimum Gasteiger partial charge on any atom is -0.387 e. The lowest BCUT2D eigenvalue weighted by Gasteiger charge is -2.13. The molecule has 0 amide bonds. The Hall–Kier alpha value is -2.97. The molecule has 3 aromatic rings. The molecule has 1 unspecified atom stereocenters. The molecule has 1 heterocycles. The van der Waals surface area contributed by atoms with Gasteiger partial charge in [-0.3, -0.25) is 0 Å². The lowest BCUT2D eigenvalue weighted by molar-refractivity contribution is 0.191. The molecule has 0 fully saturated rings. The molecule has 0 aliphatic heterocycles. The molecule has 0 saturated heterocycles. The molecule has 7 nitrogen and oxygen atoms in total. The first-order valence-electron chi connectivity index (χ1n) is 9.14. The Morgan fingerprint density at radius 3 is 2.38 bits per heavy atom. The van der Waals surface area contributed by atoms with E-state index in [0.29, 0.717) is 18.3 Å². The van der Waals surface area contributed by atoms with Gasteiger partial charge in [-0.1, -0.05) is 42.0 Å². The Balaban J connectivity index is 1.60. The Labute approximate surface area is 170 Å². The van der Waals surface area contributed by atoms with Crippen LogP contribution in [0.15, 0.2) is 60.8 Å². The lowest BCUT2D eigenvalue weighted by Crippen LogP contribution is -2.13. The molecule has 8 heteroatoms. The van der Waals surface area contributed by atoms with E-state index in [1.807, 2.05) is 31.2 Å². The first-order valence-corrected chi connectivity index (χ1v) is 11.2. The van der Waals surface area contributed by atoms with Gasteiger partial charge in [0.15, 0.2) is 9.84 Å². The van der Waals surface area contributed by atoms with Gasteiger partial charge < -0.3 is 15.7 Å². The Bertz CT molecular complexity index is 1050. The molecule has 0 saturated carbocycles. The van der Waals surface area contributed by atoms with E-state index in [9.17, 15) is 13.5 Å². The fourth-order valence-electron chi connectivity index (χ4n) is 2.74. The van der Waals surface area contributed by atoms with Gasteiger partial charge in [0.25, 0.3) is 0 Å². The molecule has 1 atom stereocenters. The van der Waals surface area contributed by atoms with E-state index in [2.05, 4.69) is 20.6 Å². The van der Waals surface area contributed by atoms with Gasteiger partial charge >= 0.3 is 0 Å². The zero-order chi connectivity index (χ0) is 20.9. The van der Waals surface area contributed by atoms with Crippen molar-refractivity contribution in [3.63, 3.8) is 0 Å². The van der Waals surface area contributed by atoms with Crippen LogP contribution in [0.1, 0.15) is 22.8 Å². The maximum atomic E-state index is 11.4. The van der Waals surface area contributed by atoms with Crippen LogP contribution in [0.2, 0.25) is 0 Å². The molecule has 0 bridgehead atoms. The van der Waals surface area contributed by atoms with Gasteiger partial charge in [0, 0.05) is 24.7 Å². The predicted molar refractivity (Wildman–Crippen MR) is 115 cm³/mol. The van der Waals surface area contributed by atoms with Crippen LogP contribution < -0.4 is 10.6 Å². The van der Waals surface area contributed by atoms with Crippen LogP contribution in [0.4, 0.5) is 17.5 Å². The van der Waals surface area contributed by atoms with E-state index in [1.165, 1.54) is 6.26 Å². The van der Waals surface area contributed by atoms with Crippen LogP contribution in [0.5, 0.6) is 0 Å². The highest BCUT2D eigenvalue weighted by Crippen LogP contribution is 2.18. The minimum atomic E-state index is -3.06. The van der Waals surface area contributed by atoms with Crippen molar-refractivity contribution in [2.45, 2.75) is 18.8 Å². The quantitative estimate of drug-likeness (QED) is 0.522. The molecular weight excluding hydrogens is 388 g/mol. The van der Waals surface area contributed by atoms with Crippen molar-refractivity contribution >= 4 is 27.3 Å². The number of anilines is 3. The zero-order valence-electron chi connectivity index (χ0n) is 16.3. The molecule has 29 heavy (non-hydrogen) atoms. The highest BCUT2D eigenvalue weighted by atomic mass is 32.2. The average Bonchev–Trinajstić information content (AvgIpc) is 2.67. The normalized spacial score (nSPS) is 12.4. The maximum absolute atomic E-state index is 11.4. The van der Waals surface area contributed by atoms with Crippen LogP contribution in [0.3, 0.4) is 0 Å². The fraction of sp³-hybridized carbons (Fsp3) is 0.238. The summed E-state index contributed by atoms with van der Waals surface area (Å²) in [6.07, 6.45) is 2.18. The van der Waals surface area contributed by atoms with Crippen molar-refractivity contribution in [1.29, 1.82) is 0 Å². The number of nitrogens with one attached hydrogen (secondary N) is 2. The summed E-state index contributed by atoms with van der Waals surface area (Å²) >= 11 is 0. The Morgan fingerprint density at radius 1 is 1.03 bits per heavy atom. The first kappa shape index (κ1) is 20.8. The summed E-state index contributed by atoms with van der Waals surface area (Å²) in [7, 11) is -3.06. The lowest BCUT2D eigenvalue weighted by atomic mass is 10.1. The molecule has 2 aromatic carbocycles. The van der Waals surface area contributed by atoms with Crippen LogP contribution in [0, 0.1) is 6.92 Å². The van der Waals surface area contributed by atoms with E-state index < -0.39 is 15.9 Å². The molecule has 0 aliphatic rings. The third kappa shape index (κ3) is 6.55. The molecule has 3 N–H and O–H groups in total. The highest BCUT2D eigenvalue weighted by Gasteiger charge is 2.08. The number of rotatable bonds is 8. The van der Waals surface area contributed by atoms with E-state index in [4.69, 9.17) is 0 Å². The van der Waals surface area contributed by atoms with Crippen LogP contribution in [-0.2, 0) is 15.6 Å². The van der Waals surface area contributed by atoms with Crippen LogP contribution >= 0.6 is 0 Å². The van der Waals surface area contributed by atoms with Crippen molar-refractivity contribution in [3.05, 3.63) is 77.5 Å². The van der Waals surface area contributed by atoms with Crippen molar-refractivity contribution in [2.24, 2.45) is 0 Å². The second-order valence-corrected chi connectivity index (χ2v) is 9.11. The van der Waals surface area contributed by atoms with Gasteiger partial charge in [-0.15, -0.1) is 0 Å². The van der Waals surface area contributed by atoms with E-state index in [1.54, 1.807) is 36.5 Å². The van der Waals surface area contributed by atoms with Gasteiger partial charge in [0.05, 0.1) is 11.9 Å². The van der Waals surface area contributed by atoms with Crippen molar-refractivity contribution in [2.75, 3.05) is 23.4 Å². The number of aliphatic hydroxyl groups excluding tert-OH is 1. The Kier molecular flexibility index (Phi) is 6.46. The second-order valence-electron chi connectivity index (χ2n) is 6.96. The van der Waals surface area contributed by atoms with Gasteiger partial charge in [0.2, 0.25) is 5.95 Å². The molecular formula is C21H24N4O3S. The van der Waals surface area contributed by atoms with Gasteiger partial charge in [0.1, 0.15) is 5.82 Å². The summed E-state index contributed by atoms with van der Waals surface area (Å²) in [5, 5.41) is 16.5. The zero-order valence-corrected chi connectivity index (χ0v) is 17.1. The maximum Gasteiger partial charge on any atom is 0.229 e. The van der Waals surface area contributed by atoms with Crippen molar-refractivity contribution in [1.82, 2.24) is 9.97 Å². The van der Waals surface area contributed by atoms with Crippen LogP contribution in [0.25, 0.3) is 0 Å². The van der Waals surface area contributed by atoms with Gasteiger partial charge in [-0.05, 0) is 36.2 Å². The molecule has 1 aromatic heterocycles. The third-order valence-corrected chi connectivity index (χ3v) is 5.09. The number of aromatic nitrogens is 2. The Morgan fingerprint density at radius 2 is 1.72 bits per heavy atom. The van der Waals surface area contributed by atoms with E-state index in [0.717, 1.165) is 22.4 Å². The highest BCUT2D eigenvalue weighted by molar-refractivity contribution is 7.89. The van der Waals surface area contributed by atoms with Crippen molar-refractivity contribution in [3.8, 4) is 0 Å². The number of hydrogen-bond acceptors (Lipinski definition) is 7. The molecule has 0 aliphatic carbocycles. The van der Waals surface area contributed by atoms with Gasteiger partial charge in [-0.2, -0.15) is 4.98 Å².